The first-order valence-electron chi connectivity index (χ1n) is 8.19. The molecule has 2 atom stereocenters. The van der Waals surface area contributed by atoms with Crippen LogP contribution < -0.4 is 4.74 Å². The topological polar surface area (TPSA) is 49.7 Å². The second-order valence-corrected chi connectivity index (χ2v) is 6.30. The van der Waals surface area contributed by atoms with Crippen molar-refractivity contribution in [2.45, 2.75) is 72.0 Å². The van der Waals surface area contributed by atoms with Crippen molar-refractivity contribution in [3.05, 3.63) is 27.8 Å². The molecule has 3 nitrogen and oxygen atoms in total. The third kappa shape index (κ3) is 5.15. The minimum atomic E-state index is -0.710. The maximum Gasteiger partial charge on any atom is 0.123 e. The van der Waals surface area contributed by atoms with Crippen LogP contribution in [-0.4, -0.2) is 29.0 Å². The highest BCUT2D eigenvalue weighted by atomic mass is 35.5. The van der Waals surface area contributed by atoms with Gasteiger partial charge < -0.3 is 14.9 Å². The van der Waals surface area contributed by atoms with Gasteiger partial charge in [-0.05, 0) is 62.3 Å². The zero-order valence-electron chi connectivity index (χ0n) is 14.2. The van der Waals surface area contributed by atoms with Crippen molar-refractivity contribution < 1.29 is 14.9 Å². The van der Waals surface area contributed by atoms with E-state index >= 15 is 0 Å². The maximum absolute atomic E-state index is 10.1. The summed E-state index contributed by atoms with van der Waals surface area (Å²) in [6.07, 6.45) is 2.20. The predicted molar refractivity (Wildman–Crippen MR) is 92.0 cm³/mol. The number of aryl methyl sites for hydroxylation is 1. The molecule has 0 saturated carbocycles. The van der Waals surface area contributed by atoms with Crippen LogP contribution in [0.4, 0.5) is 0 Å². The largest absolute Gasteiger partial charge is 0.493 e. The Hall–Kier alpha value is -0.770. The Bertz CT molecular complexity index is 474. The molecular formula is C18H29ClO3. The fourth-order valence-corrected chi connectivity index (χ4v) is 2.75. The number of ether oxygens (including phenoxy) is 1. The molecule has 0 saturated heterocycles. The quantitative estimate of drug-likeness (QED) is 0.714. The third-order valence-electron chi connectivity index (χ3n) is 3.95. The molecule has 0 aliphatic rings. The van der Waals surface area contributed by atoms with Gasteiger partial charge in [0, 0.05) is 5.02 Å². The monoisotopic (exact) mass is 328 g/mol. The summed E-state index contributed by atoms with van der Waals surface area (Å²) < 4.78 is 5.84. The fraction of sp³-hybridized carbons (Fsp3) is 0.667. The number of hydrogen-bond donors (Lipinski definition) is 2. The molecule has 4 heteroatoms. The SMILES string of the molecule is CCCOc1cc(C)c(Cl)c(C)c1CCC(O)C(O)CCC. The molecule has 0 fully saturated rings. The Kier molecular flexibility index (Phi) is 8.23. The van der Waals surface area contributed by atoms with E-state index in [9.17, 15) is 10.2 Å². The van der Waals surface area contributed by atoms with Crippen molar-refractivity contribution in [3.8, 4) is 5.75 Å². The molecule has 0 spiro atoms. The summed E-state index contributed by atoms with van der Waals surface area (Å²) in [7, 11) is 0. The van der Waals surface area contributed by atoms with Gasteiger partial charge in [0.1, 0.15) is 5.75 Å². The molecule has 0 aliphatic heterocycles. The van der Waals surface area contributed by atoms with E-state index in [1.54, 1.807) is 0 Å². The Labute approximate surface area is 139 Å². The van der Waals surface area contributed by atoms with Gasteiger partial charge in [0.25, 0.3) is 0 Å². The predicted octanol–water partition coefficient (Wildman–Crippen LogP) is 4.20. The van der Waals surface area contributed by atoms with Gasteiger partial charge in [0.15, 0.2) is 0 Å². The van der Waals surface area contributed by atoms with Crippen LogP contribution in [0.2, 0.25) is 5.02 Å². The Morgan fingerprint density at radius 1 is 1.09 bits per heavy atom. The van der Waals surface area contributed by atoms with E-state index in [0.29, 0.717) is 25.9 Å². The normalized spacial score (nSPS) is 14.0. The van der Waals surface area contributed by atoms with Gasteiger partial charge in [-0.2, -0.15) is 0 Å². The molecule has 126 valence electrons. The molecule has 1 rings (SSSR count). The van der Waals surface area contributed by atoms with Crippen molar-refractivity contribution in [2.24, 2.45) is 0 Å². The highest BCUT2D eigenvalue weighted by Gasteiger charge is 2.18. The second-order valence-electron chi connectivity index (χ2n) is 5.92. The second kappa shape index (κ2) is 9.39. The van der Waals surface area contributed by atoms with Crippen LogP contribution in [0.15, 0.2) is 6.07 Å². The number of halogens is 1. The number of rotatable bonds is 9. The van der Waals surface area contributed by atoms with Crippen molar-refractivity contribution in [3.63, 3.8) is 0 Å². The van der Waals surface area contributed by atoms with Crippen molar-refractivity contribution >= 4 is 11.6 Å². The van der Waals surface area contributed by atoms with E-state index in [1.165, 1.54) is 0 Å². The first kappa shape index (κ1) is 19.3. The van der Waals surface area contributed by atoms with E-state index in [2.05, 4.69) is 6.92 Å². The maximum atomic E-state index is 10.1. The van der Waals surface area contributed by atoms with Crippen LogP contribution in [0.1, 0.15) is 56.2 Å². The molecule has 0 amide bonds. The summed E-state index contributed by atoms with van der Waals surface area (Å²) in [6.45, 7) is 8.68. The van der Waals surface area contributed by atoms with Gasteiger partial charge in [-0.1, -0.05) is 31.9 Å². The van der Waals surface area contributed by atoms with Crippen molar-refractivity contribution in [1.82, 2.24) is 0 Å². The molecule has 1 aromatic carbocycles. The smallest absolute Gasteiger partial charge is 0.123 e. The van der Waals surface area contributed by atoms with Gasteiger partial charge >= 0.3 is 0 Å². The lowest BCUT2D eigenvalue weighted by Crippen LogP contribution is -2.26. The summed E-state index contributed by atoms with van der Waals surface area (Å²) in [5.74, 6) is 0.846. The summed E-state index contributed by atoms with van der Waals surface area (Å²) >= 11 is 6.35. The fourth-order valence-electron chi connectivity index (χ4n) is 2.58. The minimum Gasteiger partial charge on any atom is -0.493 e. The Morgan fingerprint density at radius 3 is 2.32 bits per heavy atom. The molecule has 0 heterocycles. The number of aliphatic hydroxyl groups excluding tert-OH is 2. The highest BCUT2D eigenvalue weighted by molar-refractivity contribution is 6.32. The highest BCUT2D eigenvalue weighted by Crippen LogP contribution is 2.33. The van der Waals surface area contributed by atoms with Crippen LogP contribution in [0.5, 0.6) is 5.75 Å². The van der Waals surface area contributed by atoms with Crippen LogP contribution in [0.25, 0.3) is 0 Å². The average Bonchev–Trinajstić information content (AvgIpc) is 2.49. The van der Waals surface area contributed by atoms with Gasteiger partial charge in [-0.25, -0.2) is 0 Å². The van der Waals surface area contributed by atoms with Gasteiger partial charge in [0.2, 0.25) is 0 Å². The zero-order chi connectivity index (χ0) is 16.7. The van der Waals surface area contributed by atoms with Gasteiger partial charge in [-0.3, -0.25) is 0 Å². The molecule has 0 aromatic heterocycles. The molecular weight excluding hydrogens is 300 g/mol. The summed E-state index contributed by atoms with van der Waals surface area (Å²) in [4.78, 5) is 0. The van der Waals surface area contributed by atoms with E-state index in [-0.39, 0.29) is 0 Å². The first-order valence-corrected chi connectivity index (χ1v) is 8.57. The van der Waals surface area contributed by atoms with Crippen LogP contribution >= 0.6 is 11.6 Å². The lowest BCUT2D eigenvalue weighted by Gasteiger charge is -2.20. The van der Waals surface area contributed by atoms with Crippen molar-refractivity contribution in [1.29, 1.82) is 0 Å². The Balaban J connectivity index is 2.89. The van der Waals surface area contributed by atoms with Crippen LogP contribution in [0, 0.1) is 13.8 Å². The molecule has 22 heavy (non-hydrogen) atoms. The lowest BCUT2D eigenvalue weighted by molar-refractivity contribution is 0.00970. The number of benzene rings is 1. The lowest BCUT2D eigenvalue weighted by atomic mass is 9.96. The average molecular weight is 329 g/mol. The zero-order valence-corrected chi connectivity index (χ0v) is 14.9. The Morgan fingerprint density at radius 2 is 1.73 bits per heavy atom. The molecule has 2 unspecified atom stereocenters. The van der Waals surface area contributed by atoms with Gasteiger partial charge in [-0.15, -0.1) is 0 Å². The first-order chi connectivity index (χ1) is 10.4. The van der Waals surface area contributed by atoms with E-state index in [1.807, 2.05) is 26.8 Å². The van der Waals surface area contributed by atoms with E-state index in [0.717, 1.165) is 40.3 Å². The molecule has 0 radical (unpaired) electrons. The number of aliphatic hydroxyl groups is 2. The number of hydrogen-bond acceptors (Lipinski definition) is 3. The van der Waals surface area contributed by atoms with E-state index in [4.69, 9.17) is 16.3 Å². The summed E-state index contributed by atoms with van der Waals surface area (Å²) in [5.41, 5.74) is 3.04. The van der Waals surface area contributed by atoms with Gasteiger partial charge in [0.05, 0.1) is 18.8 Å². The molecule has 1 aromatic rings. The van der Waals surface area contributed by atoms with E-state index < -0.39 is 12.2 Å². The molecule has 0 bridgehead atoms. The summed E-state index contributed by atoms with van der Waals surface area (Å²) in [5, 5.41) is 20.7. The van der Waals surface area contributed by atoms with Crippen LogP contribution in [0.3, 0.4) is 0 Å². The molecule has 0 aliphatic carbocycles. The summed E-state index contributed by atoms with van der Waals surface area (Å²) in [6, 6.07) is 1.97. The van der Waals surface area contributed by atoms with Crippen molar-refractivity contribution in [2.75, 3.05) is 6.61 Å². The standard InChI is InChI=1S/C18H29ClO3/c1-5-7-15(20)16(21)9-8-14-13(4)18(19)12(3)11-17(14)22-10-6-2/h11,15-16,20-21H,5-10H2,1-4H3. The third-order valence-corrected chi connectivity index (χ3v) is 4.54. The minimum absolute atomic E-state index is 0.504. The van der Waals surface area contributed by atoms with Crippen LogP contribution in [-0.2, 0) is 6.42 Å². The molecule has 2 N–H and O–H groups in total.